The van der Waals surface area contributed by atoms with Crippen LogP contribution in [0.15, 0.2) is 52.6 Å². The van der Waals surface area contributed by atoms with Gasteiger partial charge >= 0.3 is 0 Å². The average Bonchev–Trinajstić information content (AvgIpc) is 3.10. The summed E-state index contributed by atoms with van der Waals surface area (Å²) in [5.41, 5.74) is 1.63. The van der Waals surface area contributed by atoms with Gasteiger partial charge in [-0.1, -0.05) is 30.3 Å². The number of carbonyl (C=O) groups is 1. The maximum atomic E-state index is 12.7. The number of carbonyl (C=O) groups excluding carboxylic acids is 1. The Morgan fingerprint density at radius 2 is 1.96 bits per heavy atom. The molecule has 0 fully saturated rings. The molecular weight excluding hydrogens is 322 g/mol. The zero-order valence-electron chi connectivity index (χ0n) is 13.4. The number of Topliss-reactive ketones (excluding diaryl/α,β-unsaturated/α-hetero) is 1. The zero-order chi connectivity index (χ0) is 17.1. The summed E-state index contributed by atoms with van der Waals surface area (Å²) in [6, 6.07) is 13.2. The first-order valence-electron chi connectivity index (χ1n) is 7.63. The van der Waals surface area contributed by atoms with E-state index in [1.807, 2.05) is 54.8 Å². The number of ketones is 1. The van der Waals surface area contributed by atoms with E-state index in [-0.39, 0.29) is 17.0 Å². The number of hydrogen-bond acceptors (Lipinski definition) is 5. The molecule has 0 aliphatic rings. The highest BCUT2D eigenvalue weighted by Gasteiger charge is 2.21. The van der Waals surface area contributed by atoms with Gasteiger partial charge < -0.3 is 5.32 Å². The van der Waals surface area contributed by atoms with Crippen molar-refractivity contribution in [3.8, 4) is 11.3 Å². The Balaban J connectivity index is 2.29. The molecule has 1 aromatic carbocycles. The molecule has 0 bridgehead atoms. The number of benzene rings is 1. The van der Waals surface area contributed by atoms with Gasteiger partial charge in [0.25, 0.3) is 5.56 Å². The number of aromatic nitrogens is 2. The molecule has 0 aliphatic carbocycles. The molecule has 0 saturated carbocycles. The minimum Gasteiger partial charge on any atom is -0.342 e. The number of rotatable bonds is 5. The van der Waals surface area contributed by atoms with E-state index in [2.05, 4.69) is 10.4 Å². The smallest absolute Gasteiger partial charge is 0.291 e. The lowest BCUT2D eigenvalue weighted by Gasteiger charge is -2.15. The van der Waals surface area contributed by atoms with Crippen LogP contribution >= 0.6 is 11.3 Å². The molecule has 0 saturated heterocycles. The first-order valence-corrected chi connectivity index (χ1v) is 8.51. The summed E-state index contributed by atoms with van der Waals surface area (Å²) in [7, 11) is 0. The molecule has 5 nitrogen and oxygen atoms in total. The van der Waals surface area contributed by atoms with Crippen molar-refractivity contribution >= 4 is 27.8 Å². The van der Waals surface area contributed by atoms with Crippen molar-refractivity contribution in [1.29, 1.82) is 0 Å². The Bertz CT molecular complexity index is 915. The SMILES string of the molecule is CCn1nc(-c2ccccc2)c(C(C)=O)c(Nc2cccs2)c1=O. The molecule has 1 N–H and O–H groups in total. The van der Waals surface area contributed by atoms with Gasteiger partial charge in [-0.2, -0.15) is 5.10 Å². The maximum Gasteiger partial charge on any atom is 0.291 e. The predicted octanol–water partition coefficient (Wildman–Crippen LogP) is 3.94. The van der Waals surface area contributed by atoms with Crippen LogP contribution in [0.25, 0.3) is 11.3 Å². The van der Waals surface area contributed by atoms with E-state index < -0.39 is 0 Å². The summed E-state index contributed by atoms with van der Waals surface area (Å²) in [6.07, 6.45) is 0. The molecule has 2 heterocycles. The summed E-state index contributed by atoms with van der Waals surface area (Å²) in [6.45, 7) is 3.74. The minimum absolute atomic E-state index is 0.194. The zero-order valence-corrected chi connectivity index (χ0v) is 14.3. The minimum atomic E-state index is -0.296. The molecule has 24 heavy (non-hydrogen) atoms. The highest BCUT2D eigenvalue weighted by molar-refractivity contribution is 7.14. The molecule has 122 valence electrons. The number of nitrogens with zero attached hydrogens (tertiary/aromatic N) is 2. The van der Waals surface area contributed by atoms with Crippen molar-refractivity contribution in [3.63, 3.8) is 0 Å². The van der Waals surface area contributed by atoms with Gasteiger partial charge in [-0.15, -0.1) is 11.3 Å². The lowest BCUT2D eigenvalue weighted by Crippen LogP contribution is -2.28. The van der Waals surface area contributed by atoms with Gasteiger partial charge in [0.2, 0.25) is 0 Å². The van der Waals surface area contributed by atoms with Crippen LogP contribution in [0, 0.1) is 0 Å². The largest absolute Gasteiger partial charge is 0.342 e. The number of nitrogens with one attached hydrogen (secondary N) is 1. The molecule has 0 atom stereocenters. The van der Waals surface area contributed by atoms with Crippen LogP contribution in [0.2, 0.25) is 0 Å². The average molecular weight is 339 g/mol. The molecule has 3 rings (SSSR count). The third-order valence-corrected chi connectivity index (χ3v) is 4.41. The summed E-state index contributed by atoms with van der Waals surface area (Å²) in [5.74, 6) is -0.194. The van der Waals surface area contributed by atoms with Gasteiger partial charge in [-0.05, 0) is 31.4 Å². The van der Waals surface area contributed by atoms with Crippen LogP contribution in [0.5, 0.6) is 0 Å². The fraction of sp³-hybridized carbons (Fsp3) is 0.167. The quantitative estimate of drug-likeness (QED) is 0.715. The highest BCUT2D eigenvalue weighted by atomic mass is 32.1. The molecule has 0 unspecified atom stereocenters. The van der Waals surface area contributed by atoms with E-state index in [9.17, 15) is 9.59 Å². The van der Waals surface area contributed by atoms with Gasteiger partial charge in [-0.3, -0.25) is 9.59 Å². The molecule has 6 heteroatoms. The normalized spacial score (nSPS) is 10.6. The summed E-state index contributed by atoms with van der Waals surface area (Å²) >= 11 is 1.47. The second kappa shape index (κ2) is 6.80. The summed E-state index contributed by atoms with van der Waals surface area (Å²) in [4.78, 5) is 25.0. The van der Waals surface area contributed by atoms with Crippen LogP contribution in [0.3, 0.4) is 0 Å². The van der Waals surface area contributed by atoms with E-state index in [0.29, 0.717) is 17.8 Å². The summed E-state index contributed by atoms with van der Waals surface area (Å²) in [5, 5.41) is 10.2. The molecule has 0 spiro atoms. The van der Waals surface area contributed by atoms with Crippen LogP contribution in [-0.2, 0) is 6.54 Å². The first-order chi connectivity index (χ1) is 11.6. The van der Waals surface area contributed by atoms with Crippen LogP contribution in [-0.4, -0.2) is 15.6 Å². The van der Waals surface area contributed by atoms with E-state index >= 15 is 0 Å². The topological polar surface area (TPSA) is 64.0 Å². The molecule has 3 aromatic rings. The Kier molecular flexibility index (Phi) is 4.57. The van der Waals surface area contributed by atoms with Crippen molar-refractivity contribution < 1.29 is 4.79 Å². The van der Waals surface area contributed by atoms with E-state index in [4.69, 9.17) is 0 Å². The van der Waals surface area contributed by atoms with Crippen LogP contribution in [0.1, 0.15) is 24.2 Å². The monoisotopic (exact) mass is 339 g/mol. The maximum absolute atomic E-state index is 12.7. The van der Waals surface area contributed by atoms with E-state index in [1.165, 1.54) is 22.9 Å². The molecule has 2 aromatic heterocycles. The Morgan fingerprint density at radius 1 is 1.21 bits per heavy atom. The van der Waals surface area contributed by atoms with Crippen molar-refractivity contribution in [3.05, 3.63) is 63.8 Å². The fourth-order valence-electron chi connectivity index (χ4n) is 2.51. The molecule has 0 radical (unpaired) electrons. The third-order valence-electron chi connectivity index (χ3n) is 3.62. The first kappa shape index (κ1) is 16.1. The Hall–Kier alpha value is -2.73. The second-order valence-corrected chi connectivity index (χ2v) is 6.19. The van der Waals surface area contributed by atoms with Gasteiger partial charge in [0, 0.05) is 12.1 Å². The summed E-state index contributed by atoms with van der Waals surface area (Å²) < 4.78 is 1.38. The highest BCUT2D eigenvalue weighted by Crippen LogP contribution is 2.28. The lowest BCUT2D eigenvalue weighted by molar-refractivity contribution is 0.101. The number of aryl methyl sites for hydroxylation is 1. The van der Waals surface area contributed by atoms with E-state index in [0.717, 1.165) is 10.6 Å². The third kappa shape index (κ3) is 3.00. The predicted molar refractivity (Wildman–Crippen MR) is 97.2 cm³/mol. The standard InChI is InChI=1S/C18H17N3O2S/c1-3-21-18(23)17(19-14-10-7-11-24-14)15(12(2)22)16(20-21)13-8-5-4-6-9-13/h4-11,19H,3H2,1-2H3. The molecule has 0 aliphatic heterocycles. The number of anilines is 2. The fourth-order valence-corrected chi connectivity index (χ4v) is 3.14. The Labute approximate surface area is 143 Å². The number of hydrogen-bond donors (Lipinski definition) is 1. The number of thiophene rings is 1. The lowest BCUT2D eigenvalue weighted by atomic mass is 10.0. The Morgan fingerprint density at radius 3 is 2.54 bits per heavy atom. The van der Waals surface area contributed by atoms with Crippen molar-refractivity contribution in [2.24, 2.45) is 0 Å². The van der Waals surface area contributed by atoms with Crippen molar-refractivity contribution in [2.75, 3.05) is 5.32 Å². The molecular formula is C18H17N3O2S. The van der Waals surface area contributed by atoms with Gasteiger partial charge in [0.1, 0.15) is 11.4 Å². The second-order valence-electron chi connectivity index (χ2n) is 5.24. The van der Waals surface area contributed by atoms with Gasteiger partial charge in [0.15, 0.2) is 5.78 Å². The van der Waals surface area contributed by atoms with Gasteiger partial charge in [-0.25, -0.2) is 4.68 Å². The van der Waals surface area contributed by atoms with Crippen LogP contribution in [0.4, 0.5) is 10.7 Å². The molecule has 0 amide bonds. The van der Waals surface area contributed by atoms with Crippen molar-refractivity contribution in [2.45, 2.75) is 20.4 Å². The van der Waals surface area contributed by atoms with Crippen molar-refractivity contribution in [1.82, 2.24) is 9.78 Å². The van der Waals surface area contributed by atoms with Gasteiger partial charge in [0.05, 0.1) is 10.6 Å². The van der Waals surface area contributed by atoms with Crippen LogP contribution < -0.4 is 10.9 Å². The van der Waals surface area contributed by atoms with E-state index in [1.54, 1.807) is 0 Å².